The molecule has 2 spiro atoms. The van der Waals surface area contributed by atoms with Crippen LogP contribution >= 0.6 is 28.1 Å². The minimum Gasteiger partial charge on any atom is -0.381 e. The molecule has 0 aromatic heterocycles. The number of halogens is 1. The van der Waals surface area contributed by atoms with Gasteiger partial charge < -0.3 is 15.0 Å². The lowest BCUT2D eigenvalue weighted by Gasteiger charge is -2.48. The fourth-order valence-corrected chi connectivity index (χ4v) is 6.74. The number of rotatable bonds is 2. The number of nitrogens with zero attached hydrogens (tertiary/aromatic N) is 2. The molecule has 150 valence electrons. The number of hydrogen-bond donors (Lipinski definition) is 1. The molecule has 1 saturated carbocycles. The van der Waals surface area contributed by atoms with Gasteiger partial charge in [0.15, 0.2) is 5.11 Å². The number of nitrogens with one attached hydrogen (secondary N) is 1. The number of hydrogen-bond acceptors (Lipinski definition) is 3. The van der Waals surface area contributed by atoms with Crippen molar-refractivity contribution in [3.8, 4) is 0 Å². The zero-order chi connectivity index (χ0) is 19.5. The summed E-state index contributed by atoms with van der Waals surface area (Å²) in [5.41, 5.74) is 2.63. The molecule has 5 rings (SSSR count). The van der Waals surface area contributed by atoms with Gasteiger partial charge in [0.2, 0.25) is 0 Å². The van der Waals surface area contributed by atoms with Gasteiger partial charge in [0.05, 0.1) is 6.10 Å². The summed E-state index contributed by atoms with van der Waals surface area (Å²) in [6.07, 6.45) is 7.09. The Morgan fingerprint density at radius 3 is 2.86 bits per heavy atom. The van der Waals surface area contributed by atoms with E-state index in [2.05, 4.69) is 51.3 Å². The second-order valence-electron chi connectivity index (χ2n) is 8.92. The summed E-state index contributed by atoms with van der Waals surface area (Å²) in [6, 6.07) is 6.77. The molecule has 0 amide bonds. The molecule has 0 radical (unpaired) electrons. The Hall–Kier alpha value is -0.980. The Balaban J connectivity index is 1.67. The number of ether oxygens (including phenoxy) is 1. The molecule has 28 heavy (non-hydrogen) atoms. The first-order valence-electron chi connectivity index (χ1n) is 10.5. The van der Waals surface area contributed by atoms with Gasteiger partial charge in [-0.2, -0.15) is 0 Å². The summed E-state index contributed by atoms with van der Waals surface area (Å²) in [7, 11) is 1.85. The molecule has 1 aromatic carbocycles. The van der Waals surface area contributed by atoms with Crippen molar-refractivity contribution in [1.82, 2.24) is 10.2 Å². The van der Waals surface area contributed by atoms with E-state index in [9.17, 15) is 0 Å². The highest BCUT2D eigenvalue weighted by atomic mass is 79.9. The third-order valence-electron chi connectivity index (χ3n) is 7.67. The Kier molecular flexibility index (Phi) is 4.60. The number of aliphatic imine (C=N–C) groups is 1. The Labute approximate surface area is 181 Å². The van der Waals surface area contributed by atoms with Crippen molar-refractivity contribution in [3.05, 3.63) is 33.8 Å². The van der Waals surface area contributed by atoms with E-state index >= 15 is 0 Å². The molecule has 4 aliphatic rings. The van der Waals surface area contributed by atoms with Gasteiger partial charge in [0.1, 0.15) is 11.4 Å². The van der Waals surface area contributed by atoms with Crippen molar-refractivity contribution < 1.29 is 4.74 Å². The first-order chi connectivity index (χ1) is 13.5. The minimum atomic E-state index is -0.291. The van der Waals surface area contributed by atoms with Crippen LogP contribution in [0.2, 0.25) is 0 Å². The van der Waals surface area contributed by atoms with Crippen molar-refractivity contribution >= 4 is 39.1 Å². The molecule has 2 aliphatic heterocycles. The lowest BCUT2D eigenvalue weighted by molar-refractivity contribution is 0.00761. The maximum absolute atomic E-state index is 5.89. The summed E-state index contributed by atoms with van der Waals surface area (Å²) < 4.78 is 6.83. The van der Waals surface area contributed by atoms with Crippen LogP contribution in [-0.4, -0.2) is 42.2 Å². The minimum absolute atomic E-state index is 0.113. The van der Waals surface area contributed by atoms with E-state index in [4.69, 9.17) is 21.9 Å². The van der Waals surface area contributed by atoms with Crippen molar-refractivity contribution in [1.29, 1.82) is 0 Å². The van der Waals surface area contributed by atoms with E-state index in [1.165, 1.54) is 17.0 Å². The summed E-state index contributed by atoms with van der Waals surface area (Å²) in [5, 5.41) is 4.72. The second kappa shape index (κ2) is 6.78. The van der Waals surface area contributed by atoms with Gasteiger partial charge in [0.25, 0.3) is 0 Å². The van der Waals surface area contributed by atoms with Gasteiger partial charge in [-0.25, -0.2) is 0 Å². The largest absolute Gasteiger partial charge is 0.381 e. The lowest BCUT2D eigenvalue weighted by atomic mass is 9.61. The second-order valence-corrected chi connectivity index (χ2v) is 10.2. The molecule has 1 aromatic rings. The quantitative estimate of drug-likeness (QED) is 0.661. The normalized spacial score (nSPS) is 36.5. The summed E-state index contributed by atoms with van der Waals surface area (Å²) in [5.74, 6) is 1.76. The molecule has 1 saturated heterocycles. The van der Waals surface area contributed by atoms with Crippen LogP contribution in [0.25, 0.3) is 0 Å². The van der Waals surface area contributed by atoms with Gasteiger partial charge in [-0.1, -0.05) is 28.9 Å². The average molecular weight is 462 g/mol. The molecule has 1 N–H and O–H groups in total. The summed E-state index contributed by atoms with van der Waals surface area (Å²) in [4.78, 5) is 7.51. The average Bonchev–Trinajstić information content (AvgIpc) is 3.16. The highest BCUT2D eigenvalue weighted by Crippen LogP contribution is 2.60. The molecule has 2 aliphatic carbocycles. The van der Waals surface area contributed by atoms with E-state index in [0.29, 0.717) is 12.0 Å². The fraction of sp³-hybridized carbons (Fsp3) is 0.636. The van der Waals surface area contributed by atoms with Crippen molar-refractivity contribution in [3.63, 3.8) is 0 Å². The molecular formula is C22H28BrN3OS. The monoisotopic (exact) mass is 461 g/mol. The SMILES string of the molecule is CCC1CN=C2N(C1)C(=S)NC21c2cc(Br)ccc2CC12CCC(OC)CC2. The molecular weight excluding hydrogens is 434 g/mol. The molecule has 2 fully saturated rings. The molecule has 2 heterocycles. The van der Waals surface area contributed by atoms with Crippen LogP contribution in [0.1, 0.15) is 50.2 Å². The van der Waals surface area contributed by atoms with Crippen LogP contribution in [0.5, 0.6) is 0 Å². The van der Waals surface area contributed by atoms with Gasteiger partial charge in [-0.15, -0.1) is 0 Å². The first-order valence-corrected chi connectivity index (χ1v) is 11.7. The predicted molar refractivity (Wildman–Crippen MR) is 120 cm³/mol. The van der Waals surface area contributed by atoms with E-state index in [0.717, 1.165) is 61.2 Å². The van der Waals surface area contributed by atoms with Crippen LogP contribution < -0.4 is 5.32 Å². The van der Waals surface area contributed by atoms with Crippen molar-refractivity contribution in [2.45, 2.75) is 57.1 Å². The maximum Gasteiger partial charge on any atom is 0.175 e. The van der Waals surface area contributed by atoms with Gasteiger partial charge in [-0.3, -0.25) is 4.99 Å². The van der Waals surface area contributed by atoms with E-state index in [-0.39, 0.29) is 11.0 Å². The molecule has 6 heteroatoms. The van der Waals surface area contributed by atoms with Crippen molar-refractivity contribution in [2.75, 3.05) is 20.2 Å². The van der Waals surface area contributed by atoms with Crippen LogP contribution in [0.4, 0.5) is 0 Å². The Bertz CT molecular complexity index is 848. The smallest absolute Gasteiger partial charge is 0.175 e. The van der Waals surface area contributed by atoms with E-state index < -0.39 is 0 Å². The van der Waals surface area contributed by atoms with Gasteiger partial charge in [-0.05, 0) is 79.9 Å². The summed E-state index contributed by atoms with van der Waals surface area (Å²) >= 11 is 9.60. The molecule has 0 bridgehead atoms. The fourth-order valence-electron chi connectivity index (χ4n) is 6.07. The van der Waals surface area contributed by atoms with Gasteiger partial charge in [0, 0.05) is 30.1 Å². The number of amidine groups is 1. The van der Waals surface area contributed by atoms with Gasteiger partial charge >= 0.3 is 0 Å². The third-order valence-corrected chi connectivity index (χ3v) is 8.49. The number of fused-ring (bicyclic) bond motifs is 5. The maximum atomic E-state index is 5.89. The zero-order valence-electron chi connectivity index (χ0n) is 16.6. The highest BCUT2D eigenvalue weighted by Gasteiger charge is 2.66. The number of thiocarbonyl (C=S) groups is 1. The molecule has 4 nitrogen and oxygen atoms in total. The Morgan fingerprint density at radius 2 is 2.14 bits per heavy atom. The van der Waals surface area contributed by atoms with Crippen LogP contribution in [0, 0.1) is 11.3 Å². The molecule has 2 unspecified atom stereocenters. The van der Waals surface area contributed by atoms with Crippen LogP contribution in [0.15, 0.2) is 27.7 Å². The van der Waals surface area contributed by atoms with E-state index in [1.807, 2.05) is 7.11 Å². The number of methoxy groups -OCH3 is 1. The predicted octanol–water partition coefficient (Wildman–Crippen LogP) is 4.40. The van der Waals surface area contributed by atoms with E-state index in [1.54, 1.807) is 0 Å². The number of benzene rings is 1. The molecule has 2 atom stereocenters. The third kappa shape index (κ3) is 2.50. The van der Waals surface area contributed by atoms with Crippen molar-refractivity contribution in [2.24, 2.45) is 16.3 Å². The zero-order valence-corrected chi connectivity index (χ0v) is 19.0. The standard InChI is InChI=1S/C22H28BrN3OS/c1-3-14-12-24-19-22(25-20(28)26(19)13-14)18-10-16(23)5-4-15(18)11-21(22)8-6-17(27-2)7-9-21/h4-5,10,14,17H,3,6-9,11-13H2,1-2H3,(H,25,28). The van der Waals surface area contributed by atoms with Crippen LogP contribution in [-0.2, 0) is 16.7 Å². The lowest BCUT2D eigenvalue weighted by Crippen LogP contribution is -2.57. The first kappa shape index (κ1) is 19.0. The Morgan fingerprint density at radius 1 is 1.36 bits per heavy atom. The topological polar surface area (TPSA) is 36.9 Å². The van der Waals surface area contributed by atoms with Crippen LogP contribution in [0.3, 0.4) is 0 Å². The highest BCUT2D eigenvalue weighted by molar-refractivity contribution is 9.10. The summed E-state index contributed by atoms with van der Waals surface area (Å²) in [6.45, 7) is 4.15.